The maximum atomic E-state index is 5.65. The maximum absolute atomic E-state index is 5.65. The minimum absolute atomic E-state index is 0. The van der Waals surface area contributed by atoms with Crippen LogP contribution in [0.1, 0.15) is 56.4 Å². The predicted molar refractivity (Wildman–Crippen MR) is 193 cm³/mol. The molecule has 15 heteroatoms. The molecule has 12 nitrogen and oxygen atoms in total. The highest BCUT2D eigenvalue weighted by atomic mass is 33.1. The van der Waals surface area contributed by atoms with Crippen molar-refractivity contribution < 1.29 is 28.4 Å². The first kappa shape index (κ1) is 41.9. The summed E-state index contributed by atoms with van der Waals surface area (Å²) in [6.07, 6.45) is 0. The molecule has 0 aliphatic carbocycles. The van der Waals surface area contributed by atoms with Crippen LogP contribution in [0.15, 0.2) is 30.0 Å². The summed E-state index contributed by atoms with van der Waals surface area (Å²) >= 11 is 4.20. The highest BCUT2D eigenvalue weighted by Crippen LogP contribution is 2.27. The first-order valence-electron chi connectivity index (χ1n) is 14.5. The van der Waals surface area contributed by atoms with Crippen molar-refractivity contribution in [2.75, 3.05) is 76.5 Å². The molecule has 3 atom stereocenters. The predicted octanol–water partition coefficient (Wildman–Crippen LogP) is 5.31. The number of thiol groups is 1. The van der Waals surface area contributed by atoms with E-state index in [1.54, 1.807) is 21.6 Å². The Morgan fingerprint density at radius 1 is 0.523 bits per heavy atom. The smallest absolute Gasteiger partial charge is 0.210 e. The second-order valence-corrected chi connectivity index (χ2v) is 11.3. The van der Waals surface area contributed by atoms with E-state index in [1.165, 1.54) is 0 Å². The SMILES string of the molecule is C.C.CCOC1=N[C@@H](CS)C(OCC)=NC1.CCOC1=N[C@@H](CSSC[C@H]2N=C(OCC)CN=C2OCC)C(OCC)=NC1. The molecule has 0 aromatic heterocycles. The molecule has 3 aliphatic rings. The third-order valence-electron chi connectivity index (χ3n) is 5.38. The largest absolute Gasteiger partial charge is 0.480 e. The molecule has 44 heavy (non-hydrogen) atoms. The summed E-state index contributed by atoms with van der Waals surface area (Å²) in [5.74, 6) is 6.15. The van der Waals surface area contributed by atoms with Gasteiger partial charge in [-0.1, -0.05) is 36.4 Å². The van der Waals surface area contributed by atoms with Crippen molar-refractivity contribution in [3.8, 4) is 0 Å². The highest BCUT2D eigenvalue weighted by molar-refractivity contribution is 8.76. The van der Waals surface area contributed by atoms with Gasteiger partial charge < -0.3 is 28.4 Å². The number of aliphatic imine (C=N–C) groups is 6. The van der Waals surface area contributed by atoms with E-state index in [0.29, 0.717) is 100 Å². The topological polar surface area (TPSA) is 130 Å². The van der Waals surface area contributed by atoms with Gasteiger partial charge in [0.15, 0.2) is 0 Å². The van der Waals surface area contributed by atoms with Gasteiger partial charge in [-0.15, -0.1) is 0 Å². The molecular weight excluding hydrogens is 625 g/mol. The zero-order chi connectivity index (χ0) is 30.6. The molecule has 0 radical (unpaired) electrons. The Labute approximate surface area is 278 Å². The average molecular weight is 679 g/mol. The summed E-state index contributed by atoms with van der Waals surface area (Å²) in [5.41, 5.74) is 0. The van der Waals surface area contributed by atoms with Gasteiger partial charge in [0.2, 0.25) is 35.4 Å². The van der Waals surface area contributed by atoms with E-state index < -0.39 is 0 Å². The first-order chi connectivity index (χ1) is 20.5. The van der Waals surface area contributed by atoms with Gasteiger partial charge in [-0.2, -0.15) is 12.6 Å². The molecule has 0 aromatic carbocycles. The number of hydrogen-bond donors (Lipinski definition) is 1. The van der Waals surface area contributed by atoms with E-state index >= 15 is 0 Å². The summed E-state index contributed by atoms with van der Waals surface area (Å²) in [7, 11) is 3.42. The van der Waals surface area contributed by atoms with Crippen molar-refractivity contribution in [2.45, 2.75) is 74.5 Å². The maximum Gasteiger partial charge on any atom is 0.210 e. The summed E-state index contributed by atoms with van der Waals surface area (Å²) in [6, 6.07) is -0.336. The van der Waals surface area contributed by atoms with Crippen LogP contribution < -0.4 is 0 Å². The molecule has 0 aromatic rings. The Morgan fingerprint density at radius 3 is 1.11 bits per heavy atom. The van der Waals surface area contributed by atoms with Crippen molar-refractivity contribution in [3.63, 3.8) is 0 Å². The van der Waals surface area contributed by atoms with E-state index in [4.69, 9.17) is 28.4 Å². The minimum Gasteiger partial charge on any atom is -0.480 e. The van der Waals surface area contributed by atoms with Gasteiger partial charge in [0.1, 0.15) is 37.8 Å². The van der Waals surface area contributed by atoms with Gasteiger partial charge in [-0.05, 0) is 41.5 Å². The van der Waals surface area contributed by atoms with E-state index in [1.807, 2.05) is 41.5 Å². The van der Waals surface area contributed by atoms with Crippen LogP contribution in [-0.4, -0.2) is 130 Å². The van der Waals surface area contributed by atoms with Crippen molar-refractivity contribution in [1.82, 2.24) is 0 Å². The van der Waals surface area contributed by atoms with Gasteiger partial charge in [0.25, 0.3) is 0 Å². The molecule has 0 saturated carbocycles. The monoisotopic (exact) mass is 678 g/mol. The van der Waals surface area contributed by atoms with E-state index in [2.05, 4.69) is 42.6 Å². The standard InChI is InChI=1S/C18H30N4O4S2.C9H16N2O2S.2CH4/c1-5-23-15-9-19-17(25-7-3)13(21-15)11-27-28-12-14-18(26-8-4)20-10-16(22-14)24-6-2;1-3-12-8-5-10-9(13-4-2)7(6-14)11-8;;/h13-14H,5-12H2,1-4H3;7,14H,3-6H2,1-2H3;2*1H4/t13-,14+;7-;;/m.0../s1. The van der Waals surface area contributed by atoms with Crippen LogP contribution in [0.4, 0.5) is 0 Å². The van der Waals surface area contributed by atoms with Crippen LogP contribution in [0.25, 0.3) is 0 Å². The van der Waals surface area contributed by atoms with E-state index in [0.717, 1.165) is 11.5 Å². The number of ether oxygens (including phenoxy) is 6. The average Bonchev–Trinajstić information content (AvgIpc) is 2.99. The lowest BCUT2D eigenvalue weighted by Gasteiger charge is -2.22. The van der Waals surface area contributed by atoms with Crippen molar-refractivity contribution in [3.05, 3.63) is 0 Å². The van der Waals surface area contributed by atoms with Crippen molar-refractivity contribution in [1.29, 1.82) is 0 Å². The lowest BCUT2D eigenvalue weighted by atomic mass is 10.3. The Bertz CT molecular complexity index is 941. The normalized spacial score (nSPS) is 20.7. The Kier molecular flexibility index (Phi) is 23.9. The third-order valence-corrected chi connectivity index (χ3v) is 8.12. The molecule has 0 N–H and O–H groups in total. The fraction of sp³-hybridized carbons (Fsp3) is 0.793. The molecule has 0 unspecified atom stereocenters. The number of rotatable bonds is 12. The van der Waals surface area contributed by atoms with Gasteiger partial charge in [-0.3, -0.25) is 0 Å². The van der Waals surface area contributed by atoms with Crippen molar-refractivity contribution >= 4 is 69.6 Å². The van der Waals surface area contributed by atoms with Crippen LogP contribution in [0.3, 0.4) is 0 Å². The minimum atomic E-state index is -0.123. The van der Waals surface area contributed by atoms with Crippen LogP contribution >= 0.6 is 34.2 Å². The molecule has 0 fully saturated rings. The molecule has 254 valence electrons. The quantitative estimate of drug-likeness (QED) is 0.167. The fourth-order valence-electron chi connectivity index (χ4n) is 3.74. The Hall–Kier alpha value is -2.13. The summed E-state index contributed by atoms with van der Waals surface area (Å²) < 4.78 is 33.0. The van der Waals surface area contributed by atoms with E-state index in [-0.39, 0.29) is 33.0 Å². The van der Waals surface area contributed by atoms with Gasteiger partial charge in [0.05, 0.1) is 39.6 Å². The Morgan fingerprint density at radius 2 is 0.818 bits per heavy atom. The highest BCUT2D eigenvalue weighted by Gasteiger charge is 2.25. The molecule has 3 heterocycles. The van der Waals surface area contributed by atoms with Gasteiger partial charge >= 0.3 is 0 Å². The zero-order valence-electron chi connectivity index (χ0n) is 25.6. The van der Waals surface area contributed by atoms with Crippen LogP contribution in [-0.2, 0) is 28.4 Å². The molecule has 3 rings (SSSR count). The lowest BCUT2D eigenvalue weighted by Crippen LogP contribution is -2.32. The van der Waals surface area contributed by atoms with Gasteiger partial charge in [-0.25, -0.2) is 30.0 Å². The Balaban J connectivity index is 0.000000980. The molecule has 0 bridgehead atoms. The second kappa shape index (κ2) is 25.1. The summed E-state index contributed by atoms with van der Waals surface area (Å²) in [6.45, 7) is 16.6. The first-order valence-corrected chi connectivity index (χ1v) is 17.6. The van der Waals surface area contributed by atoms with Crippen LogP contribution in [0.5, 0.6) is 0 Å². The number of hydrogen-bond acceptors (Lipinski definition) is 15. The zero-order valence-corrected chi connectivity index (χ0v) is 28.1. The van der Waals surface area contributed by atoms with Crippen LogP contribution in [0, 0.1) is 0 Å². The molecular formula is C29H54N6O6S3. The molecule has 0 amide bonds. The third kappa shape index (κ3) is 14.8. The summed E-state index contributed by atoms with van der Waals surface area (Å²) in [5, 5.41) is 0. The fourth-order valence-corrected chi connectivity index (χ4v) is 6.21. The van der Waals surface area contributed by atoms with Gasteiger partial charge in [0, 0.05) is 17.3 Å². The molecule has 0 saturated heterocycles. The lowest BCUT2D eigenvalue weighted by molar-refractivity contribution is 0.296. The number of nitrogens with zero attached hydrogens (tertiary/aromatic N) is 6. The molecule has 3 aliphatic heterocycles. The molecule has 0 spiro atoms. The summed E-state index contributed by atoms with van der Waals surface area (Å²) in [4.78, 5) is 26.9. The second-order valence-electron chi connectivity index (χ2n) is 8.43. The van der Waals surface area contributed by atoms with E-state index in [9.17, 15) is 0 Å². The van der Waals surface area contributed by atoms with Crippen molar-refractivity contribution in [2.24, 2.45) is 30.0 Å². The van der Waals surface area contributed by atoms with Crippen LogP contribution in [0.2, 0.25) is 0 Å².